The monoisotopic (exact) mass is 200 g/mol. The topological polar surface area (TPSA) is 52.6 Å². The van der Waals surface area contributed by atoms with Gasteiger partial charge in [0.1, 0.15) is 5.60 Å². The van der Waals surface area contributed by atoms with Gasteiger partial charge in [-0.1, -0.05) is 6.58 Å². The Hall–Kier alpha value is -1.32. The molecular formula is C10H16O4. The molecule has 4 heteroatoms. The van der Waals surface area contributed by atoms with Gasteiger partial charge in [-0.25, -0.2) is 4.79 Å². The van der Waals surface area contributed by atoms with Crippen molar-refractivity contribution in [2.24, 2.45) is 0 Å². The van der Waals surface area contributed by atoms with Crippen LogP contribution in [0.5, 0.6) is 0 Å². The molecule has 0 N–H and O–H groups in total. The van der Waals surface area contributed by atoms with Crippen molar-refractivity contribution >= 4 is 11.9 Å². The van der Waals surface area contributed by atoms with E-state index >= 15 is 0 Å². The molecule has 0 aliphatic rings. The lowest BCUT2D eigenvalue weighted by molar-refractivity contribution is -0.155. The zero-order chi connectivity index (χ0) is 11.4. The highest BCUT2D eigenvalue weighted by Gasteiger charge is 2.19. The van der Waals surface area contributed by atoms with E-state index in [1.807, 2.05) is 0 Å². The summed E-state index contributed by atoms with van der Waals surface area (Å²) in [6.45, 7) is 8.69. The fourth-order valence-electron chi connectivity index (χ4n) is 0.768. The second-order valence-electron chi connectivity index (χ2n) is 3.86. The van der Waals surface area contributed by atoms with Crippen LogP contribution in [0.25, 0.3) is 0 Å². The van der Waals surface area contributed by atoms with Crippen molar-refractivity contribution in [1.29, 1.82) is 0 Å². The van der Waals surface area contributed by atoms with Gasteiger partial charge in [0.15, 0.2) is 0 Å². The lowest BCUT2D eigenvalue weighted by Crippen LogP contribution is -2.24. The Morgan fingerprint density at radius 2 is 1.79 bits per heavy atom. The predicted molar refractivity (Wildman–Crippen MR) is 51.6 cm³/mol. The zero-order valence-electron chi connectivity index (χ0n) is 9.05. The fourth-order valence-corrected chi connectivity index (χ4v) is 0.768. The Labute approximate surface area is 83.9 Å². The molecule has 0 bridgehead atoms. The molecule has 0 spiro atoms. The summed E-state index contributed by atoms with van der Waals surface area (Å²) < 4.78 is 9.39. The number of ether oxygens (including phenoxy) is 2. The van der Waals surface area contributed by atoms with Crippen molar-refractivity contribution in [3.05, 3.63) is 12.2 Å². The SMILES string of the molecule is C=C(CC(=O)OC(C)(C)C)C(=O)OC. The molecule has 0 aromatic heterocycles. The van der Waals surface area contributed by atoms with Gasteiger partial charge in [-0.15, -0.1) is 0 Å². The summed E-state index contributed by atoms with van der Waals surface area (Å²) in [4.78, 5) is 22.1. The van der Waals surface area contributed by atoms with E-state index in [4.69, 9.17) is 4.74 Å². The van der Waals surface area contributed by atoms with Crippen LogP contribution >= 0.6 is 0 Å². The Morgan fingerprint density at radius 1 is 1.29 bits per heavy atom. The van der Waals surface area contributed by atoms with Gasteiger partial charge in [0.2, 0.25) is 0 Å². The first-order valence-electron chi connectivity index (χ1n) is 4.24. The Kier molecular flexibility index (Phi) is 4.34. The first-order valence-corrected chi connectivity index (χ1v) is 4.24. The second kappa shape index (κ2) is 4.79. The second-order valence-corrected chi connectivity index (χ2v) is 3.86. The fraction of sp³-hybridized carbons (Fsp3) is 0.600. The lowest BCUT2D eigenvalue weighted by atomic mass is 10.2. The van der Waals surface area contributed by atoms with Crippen molar-refractivity contribution in [2.45, 2.75) is 32.8 Å². The van der Waals surface area contributed by atoms with Gasteiger partial charge in [0, 0.05) is 5.57 Å². The van der Waals surface area contributed by atoms with Gasteiger partial charge < -0.3 is 9.47 Å². The van der Waals surface area contributed by atoms with Gasteiger partial charge in [0.25, 0.3) is 0 Å². The van der Waals surface area contributed by atoms with E-state index in [2.05, 4.69) is 11.3 Å². The molecule has 0 saturated heterocycles. The predicted octanol–water partition coefficient (Wildman–Crippen LogP) is 1.45. The third-order valence-electron chi connectivity index (χ3n) is 1.25. The van der Waals surface area contributed by atoms with Crippen molar-refractivity contribution in [3.63, 3.8) is 0 Å². The van der Waals surface area contributed by atoms with Crippen molar-refractivity contribution in [1.82, 2.24) is 0 Å². The molecule has 0 rings (SSSR count). The number of carbonyl (C=O) groups is 2. The van der Waals surface area contributed by atoms with Crippen LogP contribution in [0.2, 0.25) is 0 Å². The molecule has 80 valence electrons. The number of esters is 2. The maximum Gasteiger partial charge on any atom is 0.333 e. The van der Waals surface area contributed by atoms with Crippen LogP contribution in [0.4, 0.5) is 0 Å². The molecule has 0 radical (unpaired) electrons. The third kappa shape index (κ3) is 5.35. The van der Waals surface area contributed by atoms with Crippen LogP contribution < -0.4 is 0 Å². The Morgan fingerprint density at radius 3 is 2.14 bits per heavy atom. The van der Waals surface area contributed by atoms with Crippen LogP contribution in [0, 0.1) is 0 Å². The molecule has 0 aromatic rings. The van der Waals surface area contributed by atoms with Crippen LogP contribution in [-0.4, -0.2) is 24.6 Å². The standard InChI is InChI=1S/C10H16O4/c1-7(9(12)13-5)6-8(11)14-10(2,3)4/h1,6H2,2-5H3. The highest BCUT2D eigenvalue weighted by molar-refractivity contribution is 5.93. The molecular weight excluding hydrogens is 184 g/mol. The van der Waals surface area contributed by atoms with Gasteiger partial charge in [-0.2, -0.15) is 0 Å². The van der Waals surface area contributed by atoms with Gasteiger partial charge in [-0.3, -0.25) is 4.79 Å². The maximum atomic E-state index is 11.2. The van der Waals surface area contributed by atoms with E-state index in [9.17, 15) is 9.59 Å². The first-order chi connectivity index (χ1) is 6.26. The number of rotatable bonds is 3. The molecule has 0 fully saturated rings. The van der Waals surface area contributed by atoms with Crippen molar-refractivity contribution in [3.8, 4) is 0 Å². The molecule has 4 nitrogen and oxygen atoms in total. The van der Waals surface area contributed by atoms with Crippen LogP contribution in [0.1, 0.15) is 27.2 Å². The molecule has 0 aliphatic heterocycles. The third-order valence-corrected chi connectivity index (χ3v) is 1.25. The van der Waals surface area contributed by atoms with E-state index in [1.54, 1.807) is 20.8 Å². The minimum absolute atomic E-state index is 0.0988. The molecule has 0 unspecified atom stereocenters. The number of carbonyl (C=O) groups excluding carboxylic acids is 2. The zero-order valence-corrected chi connectivity index (χ0v) is 9.05. The summed E-state index contributed by atoms with van der Waals surface area (Å²) in [5.41, 5.74) is -0.449. The molecule has 0 atom stereocenters. The molecule has 0 saturated carbocycles. The normalized spacial score (nSPS) is 10.6. The molecule has 0 amide bonds. The lowest BCUT2D eigenvalue weighted by Gasteiger charge is -2.19. The van der Waals surface area contributed by atoms with E-state index in [1.165, 1.54) is 7.11 Å². The summed E-state index contributed by atoms with van der Waals surface area (Å²) in [6.07, 6.45) is -0.135. The molecule has 0 heterocycles. The van der Waals surface area contributed by atoms with Crippen LogP contribution in [0.15, 0.2) is 12.2 Å². The van der Waals surface area contributed by atoms with E-state index < -0.39 is 17.5 Å². The summed E-state index contributed by atoms with van der Waals surface area (Å²) in [5.74, 6) is -1.07. The van der Waals surface area contributed by atoms with Crippen molar-refractivity contribution in [2.75, 3.05) is 7.11 Å². The van der Waals surface area contributed by atoms with E-state index in [0.717, 1.165) is 0 Å². The highest BCUT2D eigenvalue weighted by Crippen LogP contribution is 2.11. The maximum absolute atomic E-state index is 11.2. The van der Waals surface area contributed by atoms with Gasteiger partial charge in [-0.05, 0) is 20.8 Å². The van der Waals surface area contributed by atoms with Crippen molar-refractivity contribution < 1.29 is 19.1 Å². The minimum atomic E-state index is -0.587. The summed E-state index contributed by atoms with van der Waals surface area (Å²) >= 11 is 0. The van der Waals surface area contributed by atoms with Crippen LogP contribution in [0.3, 0.4) is 0 Å². The van der Waals surface area contributed by atoms with E-state index in [0.29, 0.717) is 0 Å². The smallest absolute Gasteiger partial charge is 0.333 e. The first kappa shape index (κ1) is 12.7. The Bertz CT molecular complexity index is 247. The summed E-state index contributed by atoms with van der Waals surface area (Å²) in [5, 5.41) is 0. The number of hydrogen-bond acceptors (Lipinski definition) is 4. The molecule has 0 aromatic carbocycles. The van der Waals surface area contributed by atoms with Gasteiger partial charge in [0.05, 0.1) is 13.5 Å². The minimum Gasteiger partial charge on any atom is -0.466 e. The average molecular weight is 200 g/mol. The largest absolute Gasteiger partial charge is 0.466 e. The molecule has 14 heavy (non-hydrogen) atoms. The van der Waals surface area contributed by atoms with Gasteiger partial charge >= 0.3 is 11.9 Å². The number of methoxy groups -OCH3 is 1. The summed E-state index contributed by atoms with van der Waals surface area (Å²) in [6, 6.07) is 0. The quantitative estimate of drug-likeness (QED) is 0.511. The van der Waals surface area contributed by atoms with Crippen LogP contribution in [-0.2, 0) is 19.1 Å². The summed E-state index contributed by atoms with van der Waals surface area (Å²) in [7, 11) is 1.24. The Balaban J connectivity index is 4.08. The average Bonchev–Trinajstić information content (AvgIpc) is 1.99. The highest BCUT2D eigenvalue weighted by atomic mass is 16.6. The van der Waals surface area contributed by atoms with E-state index in [-0.39, 0.29) is 12.0 Å². The molecule has 0 aliphatic carbocycles. The number of hydrogen-bond donors (Lipinski definition) is 0.